The Bertz CT molecular complexity index is 1030. The number of hydrogen-bond donors (Lipinski definition) is 1. The zero-order valence-electron chi connectivity index (χ0n) is 14.7. The van der Waals surface area contributed by atoms with E-state index < -0.39 is 0 Å². The molecule has 0 atom stereocenters. The highest BCUT2D eigenvalue weighted by Crippen LogP contribution is 2.21. The van der Waals surface area contributed by atoms with Crippen LogP contribution in [0.15, 0.2) is 62.7 Å². The van der Waals surface area contributed by atoms with Gasteiger partial charge in [-0.25, -0.2) is 9.98 Å². The standard InChI is InChI=1S/C20H18Br2N4/c1-12-8-13(2)19(14(3)9-12)20(25-18-7-5-15(21)10-24-18)26-11-16(22)4-6-17(26)23/h4-11,23H,1-3H3. The molecule has 3 rings (SSSR count). The molecule has 0 unspecified atom stereocenters. The Kier molecular flexibility index (Phi) is 5.53. The second-order valence-electron chi connectivity index (χ2n) is 6.15. The van der Waals surface area contributed by atoms with Gasteiger partial charge in [0.2, 0.25) is 0 Å². The van der Waals surface area contributed by atoms with Gasteiger partial charge < -0.3 is 0 Å². The number of aryl methyl sites for hydroxylation is 3. The molecule has 2 heterocycles. The van der Waals surface area contributed by atoms with Crippen molar-refractivity contribution in [3.63, 3.8) is 0 Å². The average Bonchev–Trinajstić information content (AvgIpc) is 2.57. The van der Waals surface area contributed by atoms with E-state index in [9.17, 15) is 0 Å². The Balaban J connectivity index is 2.32. The minimum Gasteiger partial charge on any atom is -0.285 e. The lowest BCUT2D eigenvalue weighted by atomic mass is 9.98. The topological polar surface area (TPSA) is 54.0 Å². The fourth-order valence-electron chi connectivity index (χ4n) is 2.96. The van der Waals surface area contributed by atoms with Crippen molar-refractivity contribution in [1.82, 2.24) is 9.55 Å². The molecule has 1 N–H and O–H groups in total. The van der Waals surface area contributed by atoms with Crippen molar-refractivity contribution in [3.05, 3.63) is 85.5 Å². The fraction of sp³-hybridized carbons (Fsp3) is 0.150. The van der Waals surface area contributed by atoms with Crippen LogP contribution in [0.1, 0.15) is 22.3 Å². The third-order valence-corrected chi connectivity index (χ3v) is 4.91. The van der Waals surface area contributed by atoms with Gasteiger partial charge in [0, 0.05) is 26.9 Å². The van der Waals surface area contributed by atoms with E-state index in [1.807, 2.05) is 24.4 Å². The molecule has 0 aliphatic carbocycles. The molecule has 1 aromatic carbocycles. The van der Waals surface area contributed by atoms with Gasteiger partial charge in [-0.2, -0.15) is 0 Å². The normalized spacial score (nSPS) is 11.7. The molecule has 0 radical (unpaired) electrons. The van der Waals surface area contributed by atoms with Gasteiger partial charge >= 0.3 is 0 Å². The van der Waals surface area contributed by atoms with Crippen LogP contribution in [0.5, 0.6) is 0 Å². The maximum Gasteiger partial charge on any atom is 0.154 e. The number of nitrogens with one attached hydrogen (secondary N) is 1. The Morgan fingerprint density at radius 2 is 1.65 bits per heavy atom. The molecule has 2 aromatic heterocycles. The molecule has 6 heteroatoms. The van der Waals surface area contributed by atoms with E-state index in [1.165, 1.54) is 5.56 Å². The number of aliphatic imine (C=N–C) groups is 1. The summed E-state index contributed by atoms with van der Waals surface area (Å²) in [6, 6.07) is 11.6. The number of rotatable bonds is 2. The number of pyridine rings is 2. The molecular formula is C20H18Br2N4. The summed E-state index contributed by atoms with van der Waals surface area (Å²) in [7, 11) is 0. The first kappa shape index (κ1) is 18.7. The van der Waals surface area contributed by atoms with E-state index in [2.05, 4.69) is 69.7 Å². The van der Waals surface area contributed by atoms with Crippen LogP contribution in [0.2, 0.25) is 0 Å². The zero-order valence-corrected chi connectivity index (χ0v) is 17.9. The second-order valence-corrected chi connectivity index (χ2v) is 7.98. The van der Waals surface area contributed by atoms with E-state index in [0.29, 0.717) is 17.1 Å². The molecule has 26 heavy (non-hydrogen) atoms. The first-order chi connectivity index (χ1) is 12.3. The van der Waals surface area contributed by atoms with Crippen LogP contribution in [-0.2, 0) is 0 Å². The largest absolute Gasteiger partial charge is 0.285 e. The molecule has 0 spiro atoms. The molecule has 0 aliphatic heterocycles. The van der Waals surface area contributed by atoms with Crippen LogP contribution in [0.3, 0.4) is 0 Å². The van der Waals surface area contributed by atoms with Gasteiger partial charge in [-0.3, -0.25) is 9.98 Å². The van der Waals surface area contributed by atoms with Gasteiger partial charge in [-0.15, -0.1) is 0 Å². The number of aromatic nitrogens is 2. The van der Waals surface area contributed by atoms with Gasteiger partial charge in [0.15, 0.2) is 5.82 Å². The smallest absolute Gasteiger partial charge is 0.154 e. The lowest BCUT2D eigenvalue weighted by Crippen LogP contribution is -2.28. The lowest BCUT2D eigenvalue weighted by Gasteiger charge is -2.17. The fourth-order valence-corrected chi connectivity index (χ4v) is 3.53. The number of benzene rings is 1. The molecule has 0 saturated heterocycles. The maximum atomic E-state index is 8.36. The van der Waals surface area contributed by atoms with Crippen LogP contribution >= 0.6 is 31.9 Å². The summed E-state index contributed by atoms with van der Waals surface area (Å²) in [5.41, 5.74) is 4.80. The predicted octanol–water partition coefficient (Wildman–Crippen LogP) is 5.44. The quantitative estimate of drug-likeness (QED) is 0.391. The number of halogens is 2. The van der Waals surface area contributed by atoms with Crippen molar-refractivity contribution in [3.8, 4) is 0 Å². The van der Waals surface area contributed by atoms with Crippen LogP contribution in [-0.4, -0.2) is 15.4 Å². The maximum absolute atomic E-state index is 8.36. The Morgan fingerprint density at radius 1 is 1.00 bits per heavy atom. The van der Waals surface area contributed by atoms with Crippen molar-refractivity contribution in [1.29, 1.82) is 5.41 Å². The SMILES string of the molecule is Cc1cc(C)c(C(=Nc2ccc(Br)cn2)n2cc(Br)ccc2=N)c(C)c1. The molecule has 0 fully saturated rings. The van der Waals surface area contributed by atoms with Crippen molar-refractivity contribution < 1.29 is 0 Å². The molecule has 4 nitrogen and oxygen atoms in total. The Morgan fingerprint density at radius 3 is 2.27 bits per heavy atom. The minimum atomic E-state index is 0.350. The van der Waals surface area contributed by atoms with Crippen molar-refractivity contribution in [2.45, 2.75) is 20.8 Å². The molecule has 0 amide bonds. The molecule has 0 aliphatic rings. The van der Waals surface area contributed by atoms with Crippen LogP contribution < -0.4 is 5.49 Å². The van der Waals surface area contributed by atoms with E-state index in [-0.39, 0.29) is 0 Å². The molecule has 3 aromatic rings. The van der Waals surface area contributed by atoms with Crippen LogP contribution in [0.4, 0.5) is 5.82 Å². The summed E-state index contributed by atoms with van der Waals surface area (Å²) in [6.45, 7) is 6.23. The van der Waals surface area contributed by atoms with Crippen molar-refractivity contribution >= 4 is 43.5 Å². The van der Waals surface area contributed by atoms with Gasteiger partial charge in [0.25, 0.3) is 0 Å². The number of hydrogen-bond acceptors (Lipinski definition) is 3. The average molecular weight is 474 g/mol. The monoisotopic (exact) mass is 472 g/mol. The van der Waals surface area contributed by atoms with E-state index >= 15 is 0 Å². The van der Waals surface area contributed by atoms with Gasteiger partial charge in [-0.1, -0.05) is 17.7 Å². The van der Waals surface area contributed by atoms with Gasteiger partial charge in [-0.05, 0) is 88.0 Å². The lowest BCUT2D eigenvalue weighted by molar-refractivity contribution is 0.961. The molecule has 132 valence electrons. The summed E-state index contributed by atoms with van der Waals surface area (Å²) < 4.78 is 3.56. The summed E-state index contributed by atoms with van der Waals surface area (Å²) >= 11 is 6.90. The number of nitrogens with zero attached hydrogens (tertiary/aromatic N) is 3. The third kappa shape index (κ3) is 4.02. The molecular weight excluding hydrogens is 456 g/mol. The molecule has 0 saturated carbocycles. The Labute approximate surface area is 169 Å². The summed E-state index contributed by atoms with van der Waals surface area (Å²) in [4.78, 5) is 9.18. The van der Waals surface area contributed by atoms with Gasteiger partial charge in [0.05, 0.1) is 0 Å². The van der Waals surface area contributed by atoms with E-state index in [4.69, 9.17) is 10.4 Å². The third-order valence-electron chi connectivity index (χ3n) is 3.97. The first-order valence-corrected chi connectivity index (χ1v) is 9.65. The highest BCUT2D eigenvalue weighted by molar-refractivity contribution is 9.10. The van der Waals surface area contributed by atoms with E-state index in [1.54, 1.807) is 16.8 Å². The van der Waals surface area contributed by atoms with Crippen LogP contribution in [0.25, 0.3) is 0 Å². The van der Waals surface area contributed by atoms with Crippen molar-refractivity contribution in [2.75, 3.05) is 0 Å². The zero-order chi connectivity index (χ0) is 18.8. The van der Waals surface area contributed by atoms with Gasteiger partial charge in [0.1, 0.15) is 11.3 Å². The summed E-state index contributed by atoms with van der Waals surface area (Å²) in [5.74, 6) is 1.27. The van der Waals surface area contributed by atoms with Crippen molar-refractivity contribution in [2.24, 2.45) is 4.99 Å². The highest BCUT2D eigenvalue weighted by Gasteiger charge is 2.14. The first-order valence-electron chi connectivity index (χ1n) is 8.07. The second kappa shape index (κ2) is 7.68. The highest BCUT2D eigenvalue weighted by atomic mass is 79.9. The molecule has 0 bridgehead atoms. The summed E-state index contributed by atoms with van der Waals surface area (Å²) in [6.07, 6.45) is 3.58. The Hall–Kier alpha value is -2.05. The summed E-state index contributed by atoms with van der Waals surface area (Å²) in [5, 5.41) is 8.36. The minimum absolute atomic E-state index is 0.350. The van der Waals surface area contributed by atoms with E-state index in [0.717, 1.165) is 25.6 Å². The van der Waals surface area contributed by atoms with Crippen LogP contribution in [0, 0.1) is 26.2 Å². The predicted molar refractivity (Wildman–Crippen MR) is 112 cm³/mol.